The maximum absolute atomic E-state index is 2.59. The van der Waals surface area contributed by atoms with Crippen LogP contribution in [0.5, 0.6) is 0 Å². The van der Waals surface area contributed by atoms with E-state index in [9.17, 15) is 0 Å². The largest absolute Gasteiger partial charge is 0.0561 e. The van der Waals surface area contributed by atoms with Crippen molar-refractivity contribution in [1.29, 1.82) is 0 Å². The van der Waals surface area contributed by atoms with Gasteiger partial charge in [0.05, 0.1) is 0 Å². The predicted molar refractivity (Wildman–Crippen MR) is 400 cm³/mol. The number of benzene rings is 11. The fourth-order valence-corrected chi connectivity index (χ4v) is 14.3. The van der Waals surface area contributed by atoms with E-state index in [1.807, 2.05) is 0 Å². The molecule has 0 nitrogen and oxygen atoms in total. The van der Waals surface area contributed by atoms with Gasteiger partial charge in [-0.3, -0.25) is 0 Å². The molecule has 90 heavy (non-hydrogen) atoms. The van der Waals surface area contributed by atoms with E-state index < -0.39 is 0 Å². The van der Waals surface area contributed by atoms with Crippen molar-refractivity contribution in [2.45, 2.75) is 209 Å². The van der Waals surface area contributed by atoms with Crippen molar-refractivity contribution in [2.75, 3.05) is 0 Å². The van der Waals surface area contributed by atoms with Crippen LogP contribution in [0.1, 0.15) is 211 Å². The molecule has 0 amide bonds. The molecule has 0 fully saturated rings. The monoisotopic (exact) mass is 1180 g/mol. The smallest absolute Gasteiger partial charge is 0.00195 e. The highest BCUT2D eigenvalue weighted by Crippen LogP contribution is 2.52. The zero-order chi connectivity index (χ0) is 64.9. The minimum Gasteiger partial charge on any atom is -0.0561 e. The quantitative estimate of drug-likeness (QED) is 0.154. The Kier molecular flexibility index (Phi) is 13.6. The van der Waals surface area contributed by atoms with E-state index in [1.54, 1.807) is 0 Å². The Morgan fingerprint density at radius 1 is 0.133 bits per heavy atom. The molecule has 0 radical (unpaired) electrons. The van der Waals surface area contributed by atoms with Crippen LogP contribution >= 0.6 is 0 Å². The Balaban J connectivity index is 1.16. The maximum atomic E-state index is 2.59. The van der Waals surface area contributed by atoms with E-state index in [1.165, 1.54) is 175 Å². The van der Waals surface area contributed by atoms with Gasteiger partial charge in [-0.25, -0.2) is 0 Å². The minimum atomic E-state index is -0.0289. The van der Waals surface area contributed by atoms with Gasteiger partial charge in [-0.2, -0.15) is 0 Å². The van der Waals surface area contributed by atoms with Gasteiger partial charge < -0.3 is 0 Å². The summed E-state index contributed by atoms with van der Waals surface area (Å²) in [7, 11) is 0. The van der Waals surface area contributed by atoms with Crippen LogP contribution in [0.4, 0.5) is 0 Å². The number of hydrogen-bond donors (Lipinski definition) is 0. The predicted octanol–water partition coefficient (Wildman–Crippen LogP) is 26.8. The molecule has 0 heterocycles. The third-order valence-corrected chi connectivity index (χ3v) is 20.5. The molecule has 0 spiro atoms. The van der Waals surface area contributed by atoms with Crippen molar-refractivity contribution in [2.24, 2.45) is 0 Å². The lowest BCUT2D eigenvalue weighted by molar-refractivity contribution is 0.568. The molecular formula is C90H98. The molecule has 0 aliphatic heterocycles. The fraction of sp³-hybridized carbons (Fsp3) is 0.356. The zero-order valence-corrected chi connectivity index (χ0v) is 59.0. The highest BCUT2D eigenvalue weighted by molar-refractivity contribution is 6.41. The highest BCUT2D eigenvalue weighted by atomic mass is 14.3. The molecule has 0 aliphatic carbocycles. The summed E-state index contributed by atoms with van der Waals surface area (Å²) in [6.45, 7) is 56.5. The van der Waals surface area contributed by atoms with E-state index in [2.05, 4.69) is 324 Å². The second-order valence-corrected chi connectivity index (χ2v) is 35.7. The Hall–Kier alpha value is -7.54. The van der Waals surface area contributed by atoms with Crippen molar-refractivity contribution in [3.8, 4) is 44.5 Å². The van der Waals surface area contributed by atoms with Gasteiger partial charge in [-0.15, -0.1) is 0 Å². The third-order valence-electron chi connectivity index (χ3n) is 20.5. The lowest BCUT2D eigenvalue weighted by atomic mass is 9.78. The summed E-state index contributed by atoms with van der Waals surface area (Å²) in [6, 6.07) is 64.7. The van der Waals surface area contributed by atoms with Gasteiger partial charge in [-0.05, 0) is 267 Å². The van der Waals surface area contributed by atoms with E-state index in [-0.39, 0.29) is 43.3 Å². The summed E-state index contributed by atoms with van der Waals surface area (Å²) in [5.74, 6) is 0. The first-order valence-electron chi connectivity index (χ1n) is 33.5. The SMILES string of the molecule is CC(C)(C)c1cc(-c2ccc3c(c2)c2cc(-c4cc(C(C)(C)C)cc(C(C)(C)C)c4)cc4c5ccc6c(cc7c8ccc(-c9cc(C(C)(C)C)cc(C(C)(C)C)c9)cc8c8cc(-c9cc(C(C)(C)C)cc(C(C)(C)C)c9)cc6c87)c5cc3c42)cc(C(C)(C)C)c1. The first kappa shape index (κ1) is 61.3. The summed E-state index contributed by atoms with van der Waals surface area (Å²) >= 11 is 0. The summed E-state index contributed by atoms with van der Waals surface area (Å²) in [4.78, 5) is 0. The van der Waals surface area contributed by atoms with Crippen LogP contribution in [0.3, 0.4) is 0 Å². The number of fused-ring (bicyclic) bond motifs is 11. The van der Waals surface area contributed by atoms with Crippen LogP contribution in [0.15, 0.2) is 158 Å². The molecule has 13 aromatic rings. The molecule has 13 aromatic carbocycles. The van der Waals surface area contributed by atoms with Crippen molar-refractivity contribution >= 4 is 86.2 Å². The highest BCUT2D eigenvalue weighted by Gasteiger charge is 2.29. The lowest BCUT2D eigenvalue weighted by Gasteiger charge is -2.26. The van der Waals surface area contributed by atoms with Gasteiger partial charge in [0.1, 0.15) is 0 Å². The molecule has 0 N–H and O–H groups in total. The molecule has 13 rings (SSSR count). The van der Waals surface area contributed by atoms with Gasteiger partial charge >= 0.3 is 0 Å². The summed E-state index contributed by atoms with van der Waals surface area (Å²) in [5.41, 5.74) is 21.0. The van der Waals surface area contributed by atoms with Gasteiger partial charge in [-0.1, -0.05) is 275 Å². The Labute approximate surface area is 539 Å². The molecular weight excluding hydrogens is 1080 g/mol. The van der Waals surface area contributed by atoms with Crippen molar-refractivity contribution in [3.05, 3.63) is 202 Å². The Bertz CT molecular complexity index is 4630. The zero-order valence-electron chi connectivity index (χ0n) is 59.0. The molecule has 0 aliphatic rings. The fourth-order valence-electron chi connectivity index (χ4n) is 14.3. The van der Waals surface area contributed by atoms with Crippen LogP contribution in [-0.2, 0) is 43.3 Å². The average Bonchev–Trinajstić information content (AvgIpc) is 1.49. The van der Waals surface area contributed by atoms with E-state index in [4.69, 9.17) is 0 Å². The molecule has 0 aromatic heterocycles. The molecule has 0 saturated carbocycles. The lowest BCUT2D eigenvalue weighted by Crippen LogP contribution is -2.16. The summed E-state index contributed by atoms with van der Waals surface area (Å²) < 4.78 is 0. The van der Waals surface area contributed by atoms with Crippen LogP contribution in [0, 0.1) is 0 Å². The summed E-state index contributed by atoms with van der Waals surface area (Å²) in [5, 5.41) is 21.1. The second kappa shape index (κ2) is 20.0. The summed E-state index contributed by atoms with van der Waals surface area (Å²) in [6.07, 6.45) is 0. The second-order valence-electron chi connectivity index (χ2n) is 35.7. The first-order valence-corrected chi connectivity index (χ1v) is 33.5. The molecule has 458 valence electrons. The average molecular weight is 1180 g/mol. The van der Waals surface area contributed by atoms with E-state index in [0.29, 0.717) is 0 Å². The van der Waals surface area contributed by atoms with E-state index >= 15 is 0 Å². The normalized spacial score (nSPS) is 13.8. The maximum Gasteiger partial charge on any atom is -0.00195 e. The Morgan fingerprint density at radius 3 is 0.511 bits per heavy atom. The van der Waals surface area contributed by atoms with Crippen LogP contribution < -0.4 is 0 Å². The van der Waals surface area contributed by atoms with Gasteiger partial charge in [0.25, 0.3) is 0 Å². The molecule has 0 bridgehead atoms. The van der Waals surface area contributed by atoms with Gasteiger partial charge in [0.15, 0.2) is 0 Å². The topological polar surface area (TPSA) is 0 Å². The minimum absolute atomic E-state index is 0.000911. The van der Waals surface area contributed by atoms with E-state index in [0.717, 1.165) is 0 Å². The van der Waals surface area contributed by atoms with Crippen LogP contribution in [0.2, 0.25) is 0 Å². The molecule has 0 atom stereocenters. The van der Waals surface area contributed by atoms with Gasteiger partial charge in [0, 0.05) is 0 Å². The third kappa shape index (κ3) is 10.5. The molecule has 0 unspecified atom stereocenters. The molecule has 0 heteroatoms. The molecule has 0 saturated heterocycles. The van der Waals surface area contributed by atoms with Crippen molar-refractivity contribution in [3.63, 3.8) is 0 Å². The number of rotatable bonds is 4. The van der Waals surface area contributed by atoms with Gasteiger partial charge in [0.2, 0.25) is 0 Å². The van der Waals surface area contributed by atoms with Crippen LogP contribution in [-0.4, -0.2) is 0 Å². The first-order chi connectivity index (χ1) is 41.6. The van der Waals surface area contributed by atoms with Crippen molar-refractivity contribution < 1.29 is 0 Å². The standard InChI is InChI=1S/C90H98/c1-83(2,3)59-31-53(32-60(45-59)84(4,5)6)51-25-27-67-71(39-51)77-43-57(55-35-63(87(13,14)15)47-64(36-55)88(16,17)18)41-75-69-29-30-70-74(73(69)49-79(67)81(75)77)50-80-68-28-26-52(54-33-61(85(7,8)9)46-62(34-54)86(10,11)12)40-72(68)78-44-58(42-76(70)82(78)80)56-37-65(89(19,20)21)48-66(38-56)90(22,23)24/h25-50H,1-24H3. The van der Waals surface area contributed by atoms with Crippen molar-refractivity contribution in [1.82, 2.24) is 0 Å². The van der Waals surface area contributed by atoms with Crippen LogP contribution in [0.25, 0.3) is 131 Å². The Morgan fingerprint density at radius 2 is 0.289 bits per heavy atom. The number of hydrogen-bond acceptors (Lipinski definition) is 0.